The zero-order valence-electron chi connectivity index (χ0n) is 7.99. The van der Waals surface area contributed by atoms with Gasteiger partial charge in [0.05, 0.1) is 0 Å². The Hall–Kier alpha value is 0.111. The van der Waals surface area contributed by atoms with Crippen molar-refractivity contribution in [2.75, 3.05) is 0 Å². The SMILES string of the molecule is FB(F)F.O=[N+]([O-])c1ccc([CH2][K])cc1. The molecule has 0 atom stereocenters. The van der Waals surface area contributed by atoms with Gasteiger partial charge in [-0.2, -0.15) is 0 Å². The molecule has 0 aliphatic rings. The first kappa shape index (κ1) is 15.1. The summed E-state index contributed by atoms with van der Waals surface area (Å²) in [6, 6.07) is 6.76. The first-order chi connectivity index (χ1) is 6.97. The second-order valence-corrected chi connectivity index (χ2v) is 3.63. The number of nitro benzene ring substituents is 1. The monoisotopic (exact) mass is 243 g/mol. The van der Waals surface area contributed by atoms with Crippen LogP contribution in [0.25, 0.3) is 0 Å². The predicted molar refractivity (Wildman–Crippen MR) is 51.6 cm³/mol. The van der Waals surface area contributed by atoms with Crippen molar-refractivity contribution in [3.05, 3.63) is 39.9 Å². The zero-order valence-corrected chi connectivity index (χ0v) is 11.1. The van der Waals surface area contributed by atoms with Crippen LogP contribution in [0.2, 0.25) is 0 Å². The number of nitrogens with zero attached hydrogens (tertiary/aromatic N) is 1. The van der Waals surface area contributed by atoms with Crippen molar-refractivity contribution < 1.29 is 17.9 Å². The maximum absolute atomic E-state index is 10.2. The van der Waals surface area contributed by atoms with E-state index >= 15 is 0 Å². The van der Waals surface area contributed by atoms with Crippen molar-refractivity contribution in [2.45, 2.75) is 0.515 Å². The van der Waals surface area contributed by atoms with Crippen molar-refractivity contribution >= 4 is 62.2 Å². The average Bonchev–Trinajstić information content (AvgIpc) is 2.17. The minimum absolute atomic E-state index is 0.176. The third kappa shape index (κ3) is 7.97. The fraction of sp³-hybridized carbons (Fsp3) is 0.143. The Morgan fingerprint density at radius 3 is 1.93 bits per heavy atom. The minimum atomic E-state index is -3.67. The molecule has 8 heteroatoms. The van der Waals surface area contributed by atoms with Gasteiger partial charge in [0, 0.05) is 0 Å². The van der Waals surface area contributed by atoms with E-state index in [1.165, 1.54) is 5.56 Å². The van der Waals surface area contributed by atoms with Crippen LogP contribution in [-0.2, 0) is 0.515 Å². The number of non-ortho nitro benzene ring substituents is 1. The molecule has 0 aromatic heterocycles. The van der Waals surface area contributed by atoms with E-state index in [9.17, 15) is 23.1 Å². The van der Waals surface area contributed by atoms with Gasteiger partial charge >= 0.3 is 108 Å². The van der Waals surface area contributed by atoms with Crippen molar-refractivity contribution in [1.29, 1.82) is 0 Å². The van der Waals surface area contributed by atoms with E-state index in [1.54, 1.807) is 12.1 Å². The molecule has 0 unspecified atom stereocenters. The summed E-state index contributed by atoms with van der Waals surface area (Å²) in [5.74, 6) is 0. The number of hydrogen-bond donors (Lipinski definition) is 0. The summed E-state index contributed by atoms with van der Waals surface area (Å²) in [6.45, 7) is 0. The molecule has 0 N–H and O–H groups in total. The van der Waals surface area contributed by atoms with Crippen LogP contribution in [0.4, 0.5) is 18.6 Å². The maximum atomic E-state index is 10.2. The molecule has 0 heterocycles. The fourth-order valence-electron chi connectivity index (χ4n) is 0.853. The van der Waals surface area contributed by atoms with E-state index in [0.29, 0.717) is 0 Å². The zero-order chi connectivity index (χ0) is 11.8. The number of halogens is 3. The molecule has 15 heavy (non-hydrogen) atoms. The molecular weight excluding hydrogens is 237 g/mol. The van der Waals surface area contributed by atoms with Crippen LogP contribution in [0.1, 0.15) is 5.56 Å². The van der Waals surface area contributed by atoms with Crippen molar-refractivity contribution in [3.63, 3.8) is 0 Å². The van der Waals surface area contributed by atoms with Gasteiger partial charge in [-0.1, -0.05) is 0 Å². The molecule has 0 saturated heterocycles. The van der Waals surface area contributed by atoms with Crippen LogP contribution in [0, 0.1) is 10.1 Å². The van der Waals surface area contributed by atoms with Crippen LogP contribution in [0.15, 0.2) is 24.3 Å². The van der Waals surface area contributed by atoms with E-state index < -0.39 is 7.54 Å². The topological polar surface area (TPSA) is 43.1 Å². The van der Waals surface area contributed by atoms with Gasteiger partial charge in [0.15, 0.2) is 0 Å². The third-order valence-electron chi connectivity index (χ3n) is 1.56. The summed E-state index contributed by atoms with van der Waals surface area (Å²) in [5, 5.41) is 10.2. The number of nitro groups is 1. The first-order valence-corrected chi connectivity index (χ1v) is 6.33. The molecule has 3 nitrogen and oxygen atoms in total. The Morgan fingerprint density at radius 1 is 1.27 bits per heavy atom. The Labute approximate surface area is 119 Å². The van der Waals surface area contributed by atoms with E-state index in [-0.39, 0.29) is 10.6 Å². The molecule has 1 aromatic rings. The van der Waals surface area contributed by atoms with Crippen LogP contribution in [0.5, 0.6) is 0 Å². The number of rotatable bonds is 2. The fourth-order valence-corrected chi connectivity index (χ4v) is 1.59. The summed E-state index contributed by atoms with van der Waals surface area (Å²) >= 11 is 0.781. The quantitative estimate of drug-likeness (QED) is 0.453. The van der Waals surface area contributed by atoms with Crippen molar-refractivity contribution in [3.8, 4) is 0 Å². The van der Waals surface area contributed by atoms with E-state index in [4.69, 9.17) is 0 Å². The van der Waals surface area contributed by atoms with Crippen LogP contribution in [-0.4, -0.2) is 61.4 Å². The first-order valence-electron chi connectivity index (χ1n) is 4.13. The second kappa shape index (κ2) is 8.28. The van der Waals surface area contributed by atoms with Crippen molar-refractivity contribution in [1.82, 2.24) is 0 Å². The predicted octanol–water partition coefficient (Wildman–Crippen LogP) is 2.14. The van der Waals surface area contributed by atoms with E-state index in [2.05, 4.69) is 0 Å². The van der Waals surface area contributed by atoms with Gasteiger partial charge in [-0.15, -0.1) is 0 Å². The summed E-state index contributed by atoms with van der Waals surface area (Å²) in [4.78, 5) is 9.84. The van der Waals surface area contributed by atoms with E-state index in [0.717, 1.165) is 49.5 Å². The molecule has 0 amide bonds. The van der Waals surface area contributed by atoms with Crippen LogP contribution in [0.3, 0.4) is 0 Å². The van der Waals surface area contributed by atoms with Gasteiger partial charge in [0.25, 0.3) is 0 Å². The third-order valence-corrected chi connectivity index (χ3v) is 2.83. The molecule has 1 rings (SSSR count). The van der Waals surface area contributed by atoms with Gasteiger partial charge in [0.1, 0.15) is 0 Å². The van der Waals surface area contributed by atoms with Gasteiger partial charge < -0.3 is 0 Å². The van der Waals surface area contributed by atoms with Crippen LogP contribution < -0.4 is 0 Å². The number of benzene rings is 1. The molecule has 1 aromatic carbocycles. The van der Waals surface area contributed by atoms with Crippen LogP contribution >= 0.6 is 0 Å². The normalized spacial score (nSPS) is 8.87. The summed E-state index contributed by atoms with van der Waals surface area (Å²) in [5.41, 5.74) is 1.38. The molecular formula is C7H6BF3KNO2. The van der Waals surface area contributed by atoms with Gasteiger partial charge in [-0.25, -0.2) is 0 Å². The van der Waals surface area contributed by atoms with Gasteiger partial charge in [-0.3, -0.25) is 12.9 Å². The number of hydrogen-bond acceptors (Lipinski definition) is 2. The molecule has 0 aliphatic heterocycles. The summed E-state index contributed by atoms with van der Waals surface area (Å²) < 4.78 is 30.1. The van der Waals surface area contributed by atoms with E-state index in [1.807, 2.05) is 12.1 Å². The molecule has 0 saturated carbocycles. The second-order valence-electron chi connectivity index (χ2n) is 2.52. The molecule has 0 fully saturated rings. The molecule has 0 aliphatic carbocycles. The van der Waals surface area contributed by atoms with Gasteiger partial charge in [0.2, 0.25) is 0 Å². The average molecular weight is 243 g/mol. The Balaban J connectivity index is 0.000000423. The van der Waals surface area contributed by atoms with Gasteiger partial charge in [-0.05, 0) is 0 Å². The Bertz CT molecular complexity index is 307. The summed E-state index contributed by atoms with van der Waals surface area (Å²) in [7, 11) is -3.67. The van der Waals surface area contributed by atoms with Crippen molar-refractivity contribution in [2.24, 2.45) is 0 Å². The molecule has 0 radical (unpaired) electrons. The molecule has 76 valence electrons. The molecule has 0 spiro atoms. The standard InChI is InChI=1S/C7H6NO2.BF3.K/c1-6-2-4-7(5-3-6)8(9)10;2-1(3)4;/h2-5H,1H2;;. The molecule has 0 bridgehead atoms. The Kier molecular flexibility index (Phi) is 8.35. The Morgan fingerprint density at radius 2 is 1.67 bits per heavy atom. The summed E-state index contributed by atoms with van der Waals surface area (Å²) in [6.07, 6.45) is 0.